The van der Waals surface area contributed by atoms with Crippen molar-refractivity contribution in [3.8, 4) is 0 Å². The lowest BCUT2D eigenvalue weighted by Crippen LogP contribution is -2.53. The van der Waals surface area contributed by atoms with Crippen molar-refractivity contribution in [1.29, 1.82) is 0 Å². The fourth-order valence-electron chi connectivity index (χ4n) is 4.98. The highest BCUT2D eigenvalue weighted by Gasteiger charge is 2.53. The van der Waals surface area contributed by atoms with Crippen LogP contribution in [0.3, 0.4) is 0 Å². The normalized spacial score (nSPS) is 36.1. The molecule has 2 aliphatic rings. The Morgan fingerprint density at radius 1 is 1.42 bits per heavy atom. The van der Waals surface area contributed by atoms with Crippen molar-refractivity contribution >= 4 is 5.97 Å². The highest BCUT2D eigenvalue weighted by Crippen LogP contribution is 2.57. The number of esters is 1. The van der Waals surface area contributed by atoms with Gasteiger partial charge in [-0.3, -0.25) is 4.79 Å². The molecule has 0 bridgehead atoms. The molecule has 4 nitrogen and oxygen atoms in total. The van der Waals surface area contributed by atoms with Gasteiger partial charge in [-0.1, -0.05) is 39.3 Å². The number of aliphatic hydroxyl groups is 2. The lowest BCUT2D eigenvalue weighted by atomic mass is 9.53. The van der Waals surface area contributed by atoms with Crippen LogP contribution in [0.2, 0.25) is 0 Å². The van der Waals surface area contributed by atoms with Crippen LogP contribution in [-0.2, 0) is 9.53 Å². The van der Waals surface area contributed by atoms with E-state index < -0.39 is 17.8 Å². The average Bonchev–Trinajstić information content (AvgIpc) is 2.54. The van der Waals surface area contributed by atoms with Gasteiger partial charge in [-0.15, -0.1) is 6.58 Å². The van der Waals surface area contributed by atoms with Gasteiger partial charge >= 0.3 is 5.97 Å². The van der Waals surface area contributed by atoms with Crippen molar-refractivity contribution in [2.45, 2.75) is 91.5 Å². The van der Waals surface area contributed by atoms with Crippen LogP contribution >= 0.6 is 0 Å². The maximum absolute atomic E-state index is 11.7. The standard InChI is InChI=1S/C22H36O4/c1-8-21(6,25)12-13-22(7)14(2)19(26-15(3)23)18(24)17-16(22)10-9-11-20(17,4)5/h8,14,18-19,24-25H,1,9-13H2,2-7H3/t14-,18+,19-,21?,22-/m0/s1. The van der Waals surface area contributed by atoms with Crippen molar-refractivity contribution in [1.82, 2.24) is 0 Å². The van der Waals surface area contributed by atoms with Gasteiger partial charge in [-0.2, -0.15) is 0 Å². The van der Waals surface area contributed by atoms with E-state index >= 15 is 0 Å². The van der Waals surface area contributed by atoms with Crippen LogP contribution in [0.15, 0.2) is 23.8 Å². The SMILES string of the molecule is C=CC(C)(O)CC[C@]1(C)C2=C([C@@H](O)[C@@H](OC(C)=O)[C@@H]1C)C(C)(C)CCC2. The quantitative estimate of drug-likeness (QED) is 0.568. The lowest BCUT2D eigenvalue weighted by Gasteiger charge is -2.54. The molecule has 148 valence electrons. The van der Waals surface area contributed by atoms with E-state index in [2.05, 4.69) is 34.3 Å². The molecule has 5 atom stereocenters. The van der Waals surface area contributed by atoms with Crippen LogP contribution in [0, 0.1) is 16.7 Å². The summed E-state index contributed by atoms with van der Waals surface area (Å²) in [7, 11) is 0. The predicted octanol–water partition coefficient (Wildman–Crippen LogP) is 4.16. The molecule has 0 aromatic heterocycles. The highest BCUT2D eigenvalue weighted by atomic mass is 16.6. The van der Waals surface area contributed by atoms with E-state index in [1.807, 2.05) is 0 Å². The predicted molar refractivity (Wildman–Crippen MR) is 104 cm³/mol. The van der Waals surface area contributed by atoms with E-state index in [4.69, 9.17) is 4.74 Å². The number of hydrogen-bond donors (Lipinski definition) is 2. The summed E-state index contributed by atoms with van der Waals surface area (Å²) in [5.41, 5.74) is 1.07. The van der Waals surface area contributed by atoms with Gasteiger partial charge in [0.05, 0.1) is 5.60 Å². The van der Waals surface area contributed by atoms with Crippen molar-refractivity contribution in [3.05, 3.63) is 23.8 Å². The molecule has 2 rings (SSSR count). The first-order chi connectivity index (χ1) is 11.9. The maximum atomic E-state index is 11.7. The van der Waals surface area contributed by atoms with Crippen LogP contribution < -0.4 is 0 Å². The highest BCUT2D eigenvalue weighted by molar-refractivity contribution is 5.66. The summed E-state index contributed by atoms with van der Waals surface area (Å²) in [6.45, 7) is 15.5. The molecule has 0 aromatic carbocycles. The van der Waals surface area contributed by atoms with Crippen molar-refractivity contribution in [2.75, 3.05) is 0 Å². The Morgan fingerprint density at radius 2 is 2.04 bits per heavy atom. The maximum Gasteiger partial charge on any atom is 0.303 e. The molecular weight excluding hydrogens is 328 g/mol. The molecule has 0 saturated carbocycles. The first-order valence-electron chi connectivity index (χ1n) is 9.81. The topological polar surface area (TPSA) is 66.8 Å². The Bertz CT molecular complexity index is 601. The van der Waals surface area contributed by atoms with E-state index in [9.17, 15) is 15.0 Å². The first kappa shape index (κ1) is 21.2. The molecule has 4 heteroatoms. The molecule has 2 aliphatic carbocycles. The van der Waals surface area contributed by atoms with Crippen LogP contribution in [-0.4, -0.2) is 34.0 Å². The molecule has 0 amide bonds. The number of rotatable bonds is 5. The van der Waals surface area contributed by atoms with Gasteiger partial charge in [0.2, 0.25) is 0 Å². The number of ether oxygens (including phenoxy) is 1. The van der Waals surface area contributed by atoms with E-state index in [1.165, 1.54) is 12.5 Å². The fraction of sp³-hybridized carbons (Fsp3) is 0.773. The third-order valence-corrected chi connectivity index (χ3v) is 6.97. The zero-order valence-electron chi connectivity index (χ0n) is 17.3. The van der Waals surface area contributed by atoms with Gasteiger partial charge < -0.3 is 14.9 Å². The number of carbonyl (C=O) groups excluding carboxylic acids is 1. The Labute approximate surface area is 158 Å². The Kier molecular flexibility index (Phi) is 5.80. The molecule has 0 aromatic rings. The van der Waals surface area contributed by atoms with Gasteiger partial charge in [0.25, 0.3) is 0 Å². The van der Waals surface area contributed by atoms with E-state index in [0.29, 0.717) is 6.42 Å². The summed E-state index contributed by atoms with van der Waals surface area (Å²) in [6.07, 6.45) is 4.68. The summed E-state index contributed by atoms with van der Waals surface area (Å²) < 4.78 is 5.61. The van der Waals surface area contributed by atoms with E-state index in [1.54, 1.807) is 13.0 Å². The summed E-state index contributed by atoms with van der Waals surface area (Å²) >= 11 is 0. The summed E-state index contributed by atoms with van der Waals surface area (Å²) in [5.74, 6) is -0.395. The zero-order chi connectivity index (χ0) is 19.9. The summed E-state index contributed by atoms with van der Waals surface area (Å²) in [5, 5.41) is 21.6. The summed E-state index contributed by atoms with van der Waals surface area (Å²) in [4.78, 5) is 11.7. The van der Waals surface area contributed by atoms with Gasteiger partial charge in [0.1, 0.15) is 12.2 Å². The average molecular weight is 365 g/mol. The van der Waals surface area contributed by atoms with Gasteiger partial charge in [0, 0.05) is 12.8 Å². The van der Waals surface area contributed by atoms with Crippen LogP contribution in [0.25, 0.3) is 0 Å². The smallest absolute Gasteiger partial charge is 0.303 e. The molecule has 26 heavy (non-hydrogen) atoms. The molecule has 0 fully saturated rings. The van der Waals surface area contributed by atoms with Crippen molar-refractivity contribution < 1.29 is 19.7 Å². The van der Waals surface area contributed by atoms with Crippen LogP contribution in [0.1, 0.15) is 73.6 Å². The van der Waals surface area contributed by atoms with Crippen LogP contribution in [0.4, 0.5) is 0 Å². The molecule has 0 aliphatic heterocycles. The Balaban J connectivity index is 2.53. The van der Waals surface area contributed by atoms with Gasteiger partial charge in [0.15, 0.2) is 0 Å². The minimum absolute atomic E-state index is 0.0327. The van der Waals surface area contributed by atoms with Gasteiger partial charge in [-0.25, -0.2) is 0 Å². The largest absolute Gasteiger partial charge is 0.459 e. The second-order valence-corrected chi connectivity index (χ2v) is 9.42. The number of hydrogen-bond acceptors (Lipinski definition) is 4. The molecule has 0 spiro atoms. The fourth-order valence-corrected chi connectivity index (χ4v) is 4.98. The number of aliphatic hydroxyl groups excluding tert-OH is 1. The zero-order valence-corrected chi connectivity index (χ0v) is 17.3. The van der Waals surface area contributed by atoms with E-state index in [-0.39, 0.29) is 22.7 Å². The molecule has 0 radical (unpaired) electrons. The lowest BCUT2D eigenvalue weighted by molar-refractivity contribution is -0.161. The monoisotopic (exact) mass is 364 g/mol. The minimum atomic E-state index is -0.930. The minimum Gasteiger partial charge on any atom is -0.459 e. The number of carbonyl (C=O) groups is 1. The van der Waals surface area contributed by atoms with E-state index in [0.717, 1.165) is 31.3 Å². The van der Waals surface area contributed by atoms with Crippen LogP contribution in [0.5, 0.6) is 0 Å². The first-order valence-corrected chi connectivity index (χ1v) is 9.81. The second kappa shape index (κ2) is 7.12. The second-order valence-electron chi connectivity index (χ2n) is 9.42. The molecule has 2 N–H and O–H groups in total. The Hall–Kier alpha value is -1.13. The Morgan fingerprint density at radius 3 is 2.58 bits per heavy atom. The third-order valence-electron chi connectivity index (χ3n) is 6.97. The molecule has 0 saturated heterocycles. The molecular formula is C22H36O4. The number of allylic oxidation sites excluding steroid dienone is 1. The van der Waals surface area contributed by atoms with Crippen molar-refractivity contribution in [3.63, 3.8) is 0 Å². The molecule has 1 unspecified atom stereocenters. The van der Waals surface area contributed by atoms with Crippen molar-refractivity contribution in [2.24, 2.45) is 16.7 Å². The summed E-state index contributed by atoms with van der Waals surface area (Å²) in [6, 6.07) is 0. The van der Waals surface area contributed by atoms with Gasteiger partial charge in [-0.05, 0) is 55.4 Å². The molecule has 0 heterocycles. The third kappa shape index (κ3) is 3.77.